The first-order valence-electron chi connectivity index (χ1n) is 8.05. The molecule has 1 heterocycles. The van der Waals surface area contributed by atoms with Crippen LogP contribution in [0, 0.1) is 5.92 Å². The van der Waals surface area contributed by atoms with E-state index in [1.807, 2.05) is 25.8 Å². The van der Waals surface area contributed by atoms with Gasteiger partial charge in [-0.05, 0) is 43.7 Å². The molecule has 0 bridgehead atoms. The van der Waals surface area contributed by atoms with Gasteiger partial charge in [0, 0.05) is 11.6 Å². The van der Waals surface area contributed by atoms with Crippen LogP contribution in [0.1, 0.15) is 20.3 Å². The van der Waals surface area contributed by atoms with E-state index in [2.05, 4.69) is 5.32 Å². The van der Waals surface area contributed by atoms with Gasteiger partial charge in [-0.1, -0.05) is 25.4 Å². The lowest BCUT2D eigenvalue weighted by Gasteiger charge is -2.22. The molecular weight excluding hydrogens is 330 g/mol. The molecule has 0 aromatic heterocycles. The Kier molecular flexibility index (Phi) is 6.45. The summed E-state index contributed by atoms with van der Waals surface area (Å²) in [5.41, 5.74) is 0. The number of hydrogen-bond donors (Lipinski definition) is 1. The molecule has 1 aliphatic rings. The van der Waals surface area contributed by atoms with Gasteiger partial charge in [0.2, 0.25) is 0 Å². The van der Waals surface area contributed by atoms with E-state index in [0.717, 1.165) is 5.75 Å². The number of carbonyl (C=O) groups is 2. The van der Waals surface area contributed by atoms with Crippen LogP contribution in [-0.2, 0) is 4.79 Å². The van der Waals surface area contributed by atoms with Crippen molar-refractivity contribution in [3.63, 3.8) is 0 Å². The molecule has 0 saturated carbocycles. The monoisotopic (exact) mass is 353 g/mol. The largest absolute Gasteiger partial charge is 0.492 e. The average Bonchev–Trinajstić information content (AvgIpc) is 2.76. The van der Waals surface area contributed by atoms with E-state index in [0.29, 0.717) is 30.5 Å². The van der Waals surface area contributed by atoms with Crippen molar-refractivity contribution in [2.75, 3.05) is 26.9 Å². The zero-order valence-corrected chi connectivity index (χ0v) is 15.0. The molecule has 1 aromatic rings. The highest BCUT2D eigenvalue weighted by atomic mass is 35.5. The molecule has 24 heavy (non-hydrogen) atoms. The minimum absolute atomic E-state index is 0.154. The number of ether oxygens (including phenoxy) is 1. The third kappa shape index (κ3) is 5.11. The van der Waals surface area contributed by atoms with Crippen LogP contribution < -0.4 is 10.1 Å². The van der Waals surface area contributed by atoms with Gasteiger partial charge in [-0.2, -0.15) is 0 Å². The molecule has 132 valence electrons. The molecule has 1 aromatic carbocycles. The Morgan fingerprint density at radius 3 is 2.58 bits per heavy atom. The van der Waals surface area contributed by atoms with Crippen LogP contribution in [0.5, 0.6) is 5.75 Å². The molecule has 1 N–H and O–H groups in total. The number of likely N-dealkylation sites (N-methyl/N-ethyl adjacent to an activating group) is 1. The summed E-state index contributed by atoms with van der Waals surface area (Å²) in [4.78, 5) is 27.4. The molecule has 0 spiro atoms. The number of benzene rings is 1. The topological polar surface area (TPSA) is 61.9 Å². The Labute approximate surface area is 147 Å². The molecule has 0 radical (unpaired) electrons. The fourth-order valence-corrected chi connectivity index (χ4v) is 2.63. The number of carbonyl (C=O) groups excluding carboxylic acids is 2. The van der Waals surface area contributed by atoms with Crippen molar-refractivity contribution in [1.82, 2.24) is 15.1 Å². The highest BCUT2D eigenvalue weighted by Gasteiger charge is 2.38. The zero-order valence-electron chi connectivity index (χ0n) is 14.3. The summed E-state index contributed by atoms with van der Waals surface area (Å²) in [7, 11) is 1.85. The summed E-state index contributed by atoms with van der Waals surface area (Å²) >= 11 is 5.82. The number of nitrogens with one attached hydrogen (secondary N) is 1. The van der Waals surface area contributed by atoms with Crippen LogP contribution in [-0.4, -0.2) is 54.6 Å². The molecule has 3 amide bonds. The molecular formula is C17H24ClN3O3. The summed E-state index contributed by atoms with van der Waals surface area (Å²) in [6.07, 6.45) is 0.657. The SMILES string of the molecule is CC(C)CC1NC(=O)N(CN(C)CCOc2ccc(Cl)cc2)C1=O. The Morgan fingerprint density at radius 2 is 1.96 bits per heavy atom. The van der Waals surface area contributed by atoms with Crippen LogP contribution in [0.25, 0.3) is 0 Å². The standard InChI is InChI=1S/C17H24ClN3O3/c1-12(2)10-15-16(22)21(17(23)19-15)11-20(3)8-9-24-14-6-4-13(18)5-7-14/h4-7,12,15H,8-11H2,1-3H3,(H,19,23). The molecule has 1 unspecified atom stereocenters. The maximum Gasteiger partial charge on any atom is 0.325 e. The Balaban J connectivity index is 1.77. The summed E-state index contributed by atoms with van der Waals surface area (Å²) < 4.78 is 5.62. The zero-order chi connectivity index (χ0) is 17.7. The van der Waals surface area contributed by atoms with Gasteiger partial charge in [0.1, 0.15) is 18.4 Å². The minimum Gasteiger partial charge on any atom is -0.492 e. The molecule has 2 rings (SSSR count). The summed E-state index contributed by atoms with van der Waals surface area (Å²) in [5, 5.41) is 3.41. The minimum atomic E-state index is -0.406. The third-order valence-electron chi connectivity index (χ3n) is 3.75. The van der Waals surface area contributed by atoms with Gasteiger partial charge in [0.05, 0.1) is 6.67 Å². The lowest BCUT2D eigenvalue weighted by atomic mass is 10.0. The lowest BCUT2D eigenvalue weighted by Crippen LogP contribution is -2.41. The first-order chi connectivity index (χ1) is 11.4. The maximum absolute atomic E-state index is 12.3. The van der Waals surface area contributed by atoms with Crippen LogP contribution in [0.2, 0.25) is 5.02 Å². The molecule has 1 saturated heterocycles. The first-order valence-corrected chi connectivity index (χ1v) is 8.43. The number of imide groups is 1. The first kappa shape index (κ1) is 18.5. The number of nitrogens with zero attached hydrogens (tertiary/aromatic N) is 2. The highest BCUT2D eigenvalue weighted by Crippen LogP contribution is 2.16. The molecule has 1 atom stereocenters. The number of urea groups is 1. The van der Waals surface area contributed by atoms with E-state index in [4.69, 9.17) is 16.3 Å². The van der Waals surface area contributed by atoms with E-state index in [1.165, 1.54) is 4.90 Å². The molecule has 0 aliphatic carbocycles. The van der Waals surface area contributed by atoms with E-state index < -0.39 is 6.04 Å². The number of rotatable bonds is 8. The van der Waals surface area contributed by atoms with Crippen LogP contribution in [0.15, 0.2) is 24.3 Å². The fraction of sp³-hybridized carbons (Fsp3) is 0.529. The van der Waals surface area contributed by atoms with Gasteiger partial charge < -0.3 is 10.1 Å². The lowest BCUT2D eigenvalue weighted by molar-refractivity contribution is -0.129. The Morgan fingerprint density at radius 1 is 1.29 bits per heavy atom. The second kappa shape index (κ2) is 8.35. The maximum atomic E-state index is 12.3. The predicted molar refractivity (Wildman–Crippen MR) is 93.1 cm³/mol. The van der Waals surface area contributed by atoms with Crippen molar-refractivity contribution in [1.29, 1.82) is 0 Å². The van der Waals surface area contributed by atoms with Crippen LogP contribution in [0.4, 0.5) is 4.79 Å². The quantitative estimate of drug-likeness (QED) is 0.730. The third-order valence-corrected chi connectivity index (χ3v) is 4.00. The van der Waals surface area contributed by atoms with Crippen molar-refractivity contribution in [2.24, 2.45) is 5.92 Å². The molecule has 1 aliphatic heterocycles. The Hall–Kier alpha value is -1.79. The second-order valence-electron chi connectivity index (χ2n) is 6.42. The van der Waals surface area contributed by atoms with Gasteiger partial charge in [-0.15, -0.1) is 0 Å². The van der Waals surface area contributed by atoms with Crippen LogP contribution in [0.3, 0.4) is 0 Å². The van der Waals surface area contributed by atoms with Crippen molar-refractivity contribution in [3.8, 4) is 5.75 Å². The van der Waals surface area contributed by atoms with E-state index in [-0.39, 0.29) is 18.6 Å². The van der Waals surface area contributed by atoms with Crippen molar-refractivity contribution in [3.05, 3.63) is 29.3 Å². The van der Waals surface area contributed by atoms with Gasteiger partial charge >= 0.3 is 6.03 Å². The second-order valence-corrected chi connectivity index (χ2v) is 6.86. The summed E-state index contributed by atoms with van der Waals surface area (Å²) in [6.45, 7) is 5.36. The van der Waals surface area contributed by atoms with Crippen LogP contribution >= 0.6 is 11.6 Å². The molecule has 1 fully saturated rings. The summed E-state index contributed by atoms with van der Waals surface area (Å²) in [6, 6.07) is 6.41. The highest BCUT2D eigenvalue weighted by molar-refractivity contribution is 6.30. The number of amides is 3. The number of hydrogen-bond acceptors (Lipinski definition) is 4. The van der Waals surface area contributed by atoms with Gasteiger partial charge in [-0.3, -0.25) is 9.69 Å². The van der Waals surface area contributed by atoms with E-state index in [9.17, 15) is 9.59 Å². The average molecular weight is 354 g/mol. The summed E-state index contributed by atoms with van der Waals surface area (Å²) in [5.74, 6) is 0.934. The fourth-order valence-electron chi connectivity index (χ4n) is 2.50. The molecule has 7 heteroatoms. The van der Waals surface area contributed by atoms with Gasteiger partial charge in [0.25, 0.3) is 5.91 Å². The van der Waals surface area contributed by atoms with Gasteiger partial charge in [0.15, 0.2) is 0 Å². The van der Waals surface area contributed by atoms with E-state index >= 15 is 0 Å². The van der Waals surface area contributed by atoms with E-state index in [1.54, 1.807) is 24.3 Å². The molecule has 6 nitrogen and oxygen atoms in total. The normalized spacial score (nSPS) is 17.8. The van der Waals surface area contributed by atoms with Gasteiger partial charge in [-0.25, -0.2) is 9.69 Å². The Bertz CT molecular complexity index is 577. The number of halogens is 1. The predicted octanol–water partition coefficient (Wildman–Crippen LogP) is 2.57. The van der Waals surface area contributed by atoms with Crippen molar-refractivity contribution < 1.29 is 14.3 Å². The van der Waals surface area contributed by atoms with Crippen molar-refractivity contribution >= 4 is 23.5 Å². The smallest absolute Gasteiger partial charge is 0.325 e. The van der Waals surface area contributed by atoms with Crippen molar-refractivity contribution in [2.45, 2.75) is 26.3 Å².